The molecule has 8 heteroatoms. The van der Waals surface area contributed by atoms with Crippen LogP contribution in [0.25, 0.3) is 0 Å². The van der Waals surface area contributed by atoms with E-state index in [1.807, 2.05) is 18.2 Å². The van der Waals surface area contributed by atoms with Crippen LogP contribution in [-0.4, -0.2) is 65.4 Å². The third-order valence-electron chi connectivity index (χ3n) is 2.63. The lowest BCUT2D eigenvalue weighted by Gasteiger charge is -2.11. The molecular formula is C16H23NO7. The van der Waals surface area contributed by atoms with E-state index in [1.54, 1.807) is 12.1 Å². The number of aliphatic carboxylic acids is 2. The van der Waals surface area contributed by atoms with Gasteiger partial charge in [0.2, 0.25) is 0 Å². The molecule has 24 heavy (non-hydrogen) atoms. The molecule has 0 aliphatic heterocycles. The Morgan fingerprint density at radius 3 is 2.21 bits per heavy atom. The van der Waals surface area contributed by atoms with Crippen molar-refractivity contribution >= 4 is 17.7 Å². The molecule has 0 amide bonds. The molecule has 0 radical (unpaired) electrons. The molecule has 0 heterocycles. The molecule has 0 aliphatic carbocycles. The van der Waals surface area contributed by atoms with Crippen LogP contribution < -0.4 is 5.32 Å². The Hall–Kier alpha value is -2.29. The second kappa shape index (κ2) is 13.2. The van der Waals surface area contributed by atoms with Gasteiger partial charge in [0, 0.05) is 12.1 Å². The van der Waals surface area contributed by atoms with Crippen molar-refractivity contribution in [3.63, 3.8) is 0 Å². The minimum Gasteiger partial charge on any atom is -0.473 e. The molecule has 0 spiro atoms. The highest BCUT2D eigenvalue weighted by molar-refractivity contribution is 6.27. The Morgan fingerprint density at radius 1 is 1.12 bits per heavy atom. The zero-order valence-corrected chi connectivity index (χ0v) is 13.5. The number of aliphatic hydroxyl groups excluding tert-OH is 1. The number of aliphatic hydroxyl groups is 1. The Balaban J connectivity index is 0.000000754. The second-order valence-corrected chi connectivity index (χ2v) is 4.77. The normalized spacial score (nSPS) is 11.1. The van der Waals surface area contributed by atoms with Crippen molar-refractivity contribution in [2.75, 3.05) is 26.3 Å². The summed E-state index contributed by atoms with van der Waals surface area (Å²) in [5, 5.41) is 27.4. The predicted octanol–water partition coefficient (Wildman–Crippen LogP) is 0.402. The number of carbonyl (C=O) groups is 3. The number of carboxylic acid groups (broad SMARTS) is 2. The highest BCUT2D eigenvalue weighted by atomic mass is 16.5. The number of hydrogen-bond donors (Lipinski definition) is 4. The summed E-state index contributed by atoms with van der Waals surface area (Å²) >= 11 is 0. The van der Waals surface area contributed by atoms with Gasteiger partial charge in [-0.05, 0) is 13.0 Å². The van der Waals surface area contributed by atoms with Gasteiger partial charge in [-0.2, -0.15) is 0 Å². The maximum absolute atomic E-state index is 11.7. The third kappa shape index (κ3) is 11.3. The van der Waals surface area contributed by atoms with Crippen LogP contribution in [0.15, 0.2) is 30.3 Å². The lowest BCUT2D eigenvalue weighted by molar-refractivity contribution is -0.159. The molecule has 0 saturated carbocycles. The quantitative estimate of drug-likeness (QED) is 0.288. The van der Waals surface area contributed by atoms with Gasteiger partial charge in [-0.15, -0.1) is 0 Å². The molecule has 0 fully saturated rings. The van der Waals surface area contributed by atoms with Gasteiger partial charge in [0.25, 0.3) is 0 Å². The maximum Gasteiger partial charge on any atom is 0.414 e. The van der Waals surface area contributed by atoms with Crippen molar-refractivity contribution in [1.82, 2.24) is 5.32 Å². The van der Waals surface area contributed by atoms with Gasteiger partial charge in [-0.3, -0.25) is 4.79 Å². The summed E-state index contributed by atoms with van der Waals surface area (Å²) in [5.74, 6) is -3.71. The summed E-state index contributed by atoms with van der Waals surface area (Å²) in [4.78, 5) is 29.9. The summed E-state index contributed by atoms with van der Waals surface area (Å²) in [6, 6.07) is 9.00. The van der Waals surface area contributed by atoms with E-state index in [2.05, 4.69) is 12.2 Å². The SMILES string of the molecule is CCCNCC(O)COCC(=O)c1ccccc1.O=C(O)C(=O)O. The van der Waals surface area contributed by atoms with Gasteiger partial charge in [0.1, 0.15) is 6.61 Å². The summed E-state index contributed by atoms with van der Waals surface area (Å²) in [5.41, 5.74) is 0.635. The van der Waals surface area contributed by atoms with E-state index in [0.29, 0.717) is 12.1 Å². The zero-order valence-electron chi connectivity index (χ0n) is 13.5. The standard InChI is InChI=1S/C14H21NO3.C2H2O4/c1-2-8-15-9-13(16)10-18-11-14(17)12-6-4-3-5-7-12;3-1(4)2(5)6/h3-7,13,15-16H,2,8-11H2,1H3;(H,3,4)(H,5,6). The molecule has 1 unspecified atom stereocenters. The number of carboxylic acids is 2. The molecule has 4 N–H and O–H groups in total. The molecule has 1 rings (SSSR count). The van der Waals surface area contributed by atoms with E-state index < -0.39 is 18.0 Å². The first-order valence-corrected chi connectivity index (χ1v) is 7.39. The summed E-state index contributed by atoms with van der Waals surface area (Å²) < 4.78 is 5.20. The zero-order chi connectivity index (χ0) is 18.4. The van der Waals surface area contributed by atoms with Gasteiger partial charge in [0.05, 0.1) is 12.7 Å². The van der Waals surface area contributed by atoms with Crippen LogP contribution in [0.4, 0.5) is 0 Å². The fraction of sp³-hybridized carbons (Fsp3) is 0.438. The summed E-state index contributed by atoms with van der Waals surface area (Å²) in [6.07, 6.45) is 0.459. The summed E-state index contributed by atoms with van der Waals surface area (Å²) in [7, 11) is 0. The lowest BCUT2D eigenvalue weighted by atomic mass is 10.1. The second-order valence-electron chi connectivity index (χ2n) is 4.77. The lowest BCUT2D eigenvalue weighted by Crippen LogP contribution is -2.31. The fourth-order valence-corrected chi connectivity index (χ4v) is 1.50. The Kier molecular flexibility index (Phi) is 11.9. The average molecular weight is 341 g/mol. The maximum atomic E-state index is 11.7. The Bertz CT molecular complexity index is 492. The van der Waals surface area contributed by atoms with Crippen LogP contribution in [0.5, 0.6) is 0 Å². The van der Waals surface area contributed by atoms with Crippen LogP contribution in [0, 0.1) is 0 Å². The topological polar surface area (TPSA) is 133 Å². The molecule has 0 aliphatic rings. The average Bonchev–Trinajstić information content (AvgIpc) is 2.56. The number of benzene rings is 1. The van der Waals surface area contributed by atoms with Crippen molar-refractivity contribution in [2.24, 2.45) is 0 Å². The molecule has 1 aromatic rings. The first kappa shape index (κ1) is 21.7. The van der Waals surface area contributed by atoms with Crippen molar-refractivity contribution < 1.29 is 34.4 Å². The van der Waals surface area contributed by atoms with Gasteiger partial charge < -0.3 is 25.4 Å². The third-order valence-corrected chi connectivity index (χ3v) is 2.63. The molecule has 0 aromatic heterocycles. The van der Waals surface area contributed by atoms with E-state index in [-0.39, 0.29) is 19.0 Å². The molecule has 1 atom stereocenters. The van der Waals surface area contributed by atoms with Crippen LogP contribution in [0.3, 0.4) is 0 Å². The smallest absolute Gasteiger partial charge is 0.414 e. The number of nitrogens with one attached hydrogen (secondary N) is 1. The number of ether oxygens (including phenoxy) is 1. The number of ketones is 1. The van der Waals surface area contributed by atoms with Crippen LogP contribution >= 0.6 is 0 Å². The van der Waals surface area contributed by atoms with Crippen molar-refractivity contribution in [3.05, 3.63) is 35.9 Å². The number of hydrogen-bond acceptors (Lipinski definition) is 6. The van der Waals surface area contributed by atoms with Crippen molar-refractivity contribution in [1.29, 1.82) is 0 Å². The van der Waals surface area contributed by atoms with E-state index in [0.717, 1.165) is 13.0 Å². The monoisotopic (exact) mass is 341 g/mol. The minimum absolute atomic E-state index is 0.00878. The van der Waals surface area contributed by atoms with E-state index >= 15 is 0 Å². The van der Waals surface area contributed by atoms with E-state index in [9.17, 15) is 9.90 Å². The van der Waals surface area contributed by atoms with Crippen LogP contribution in [0.2, 0.25) is 0 Å². The fourth-order valence-electron chi connectivity index (χ4n) is 1.50. The number of carbonyl (C=O) groups excluding carboxylic acids is 1. The van der Waals surface area contributed by atoms with Gasteiger partial charge in [0.15, 0.2) is 5.78 Å². The van der Waals surface area contributed by atoms with E-state index in [4.69, 9.17) is 24.5 Å². The van der Waals surface area contributed by atoms with Gasteiger partial charge >= 0.3 is 11.9 Å². The molecule has 1 aromatic carbocycles. The number of Topliss-reactive ketones (excluding diaryl/α,β-unsaturated/α-hetero) is 1. The largest absolute Gasteiger partial charge is 0.473 e. The molecular weight excluding hydrogens is 318 g/mol. The van der Waals surface area contributed by atoms with Crippen LogP contribution in [-0.2, 0) is 14.3 Å². The first-order chi connectivity index (χ1) is 11.4. The molecule has 134 valence electrons. The molecule has 8 nitrogen and oxygen atoms in total. The first-order valence-electron chi connectivity index (χ1n) is 7.39. The molecule has 0 bridgehead atoms. The summed E-state index contributed by atoms with van der Waals surface area (Å²) in [6.45, 7) is 3.62. The van der Waals surface area contributed by atoms with Crippen molar-refractivity contribution in [2.45, 2.75) is 19.4 Å². The van der Waals surface area contributed by atoms with E-state index in [1.165, 1.54) is 0 Å². The highest BCUT2D eigenvalue weighted by Crippen LogP contribution is 2.00. The Morgan fingerprint density at radius 2 is 1.71 bits per heavy atom. The minimum atomic E-state index is -1.82. The highest BCUT2D eigenvalue weighted by Gasteiger charge is 2.08. The predicted molar refractivity (Wildman–Crippen MR) is 86.0 cm³/mol. The van der Waals surface area contributed by atoms with Crippen LogP contribution in [0.1, 0.15) is 23.7 Å². The van der Waals surface area contributed by atoms with Gasteiger partial charge in [-0.25, -0.2) is 9.59 Å². The van der Waals surface area contributed by atoms with Crippen molar-refractivity contribution in [3.8, 4) is 0 Å². The number of rotatable bonds is 9. The molecule has 0 saturated heterocycles. The van der Waals surface area contributed by atoms with Gasteiger partial charge in [-0.1, -0.05) is 37.3 Å². The Labute approximate surface area is 140 Å².